The van der Waals surface area contributed by atoms with Gasteiger partial charge in [0.1, 0.15) is 22.4 Å². The predicted molar refractivity (Wildman–Crippen MR) is 139 cm³/mol. The smallest absolute Gasteiger partial charge is 0.360 e. The van der Waals surface area contributed by atoms with Gasteiger partial charge < -0.3 is 14.8 Å². The molecule has 3 rings (SSSR count). The van der Waals surface area contributed by atoms with Crippen LogP contribution in [-0.2, 0) is 26.1 Å². The third-order valence-corrected chi connectivity index (χ3v) is 7.87. The molecule has 0 radical (unpaired) electrons. The van der Waals surface area contributed by atoms with E-state index in [2.05, 4.69) is 10.3 Å². The molecule has 0 saturated carbocycles. The number of sulfonamides is 1. The van der Waals surface area contributed by atoms with Gasteiger partial charge in [-0.15, -0.1) is 22.9 Å². The number of rotatable bonds is 11. The number of amides is 1. The van der Waals surface area contributed by atoms with Crippen LogP contribution in [0.4, 0.5) is 15.1 Å². The highest BCUT2D eigenvalue weighted by molar-refractivity contribution is 7.93. The average molecular weight is 570 g/mol. The summed E-state index contributed by atoms with van der Waals surface area (Å²) in [5, 5.41) is 2.28. The zero-order chi connectivity index (χ0) is 27.2. The third kappa shape index (κ3) is 6.96. The number of anilines is 2. The molecule has 2 aromatic carbocycles. The Bertz CT molecular complexity index is 1360. The number of nitrogens with one attached hydrogen (secondary N) is 1. The molecule has 198 valence electrons. The van der Waals surface area contributed by atoms with Crippen molar-refractivity contribution >= 4 is 55.5 Å². The summed E-state index contributed by atoms with van der Waals surface area (Å²) in [4.78, 5) is 27.9. The number of hydrogen-bond donors (Lipinski definition) is 1. The SMILES string of the molecule is COc1ccc(CN(c2scnc2C(=O)OCC(C)C)S(=O)(=O)c2ccc(NC(=O)CCl)c(F)c2)cc1. The molecule has 0 unspecified atom stereocenters. The molecular formula is C24H25ClFN3O6S2. The van der Waals surface area contributed by atoms with Gasteiger partial charge in [0.15, 0.2) is 5.69 Å². The number of carbonyl (C=O) groups excluding carboxylic acids is 2. The average Bonchev–Trinajstić information content (AvgIpc) is 3.36. The number of methoxy groups -OCH3 is 1. The summed E-state index contributed by atoms with van der Waals surface area (Å²) in [7, 11) is -2.91. The van der Waals surface area contributed by atoms with E-state index in [-0.39, 0.29) is 35.5 Å². The Hall–Kier alpha value is -3.22. The Kier molecular flexibility index (Phi) is 9.46. The van der Waals surface area contributed by atoms with Crippen molar-refractivity contribution in [2.45, 2.75) is 25.3 Å². The molecule has 1 aromatic heterocycles. The molecule has 0 fully saturated rings. The molecule has 0 aliphatic rings. The lowest BCUT2D eigenvalue weighted by Gasteiger charge is -2.24. The van der Waals surface area contributed by atoms with E-state index in [1.807, 2.05) is 13.8 Å². The fourth-order valence-electron chi connectivity index (χ4n) is 3.10. The highest BCUT2D eigenvalue weighted by atomic mass is 35.5. The Balaban J connectivity index is 2.05. The molecule has 0 atom stereocenters. The molecule has 0 aliphatic heterocycles. The van der Waals surface area contributed by atoms with E-state index < -0.39 is 38.5 Å². The van der Waals surface area contributed by atoms with Crippen molar-refractivity contribution in [1.29, 1.82) is 0 Å². The maximum atomic E-state index is 14.7. The van der Waals surface area contributed by atoms with E-state index >= 15 is 0 Å². The first-order chi connectivity index (χ1) is 17.6. The van der Waals surface area contributed by atoms with Gasteiger partial charge in [0.05, 0.1) is 36.4 Å². The second-order valence-corrected chi connectivity index (χ2v) is 11.1. The van der Waals surface area contributed by atoms with Gasteiger partial charge in [-0.2, -0.15) is 0 Å². The minimum Gasteiger partial charge on any atom is -0.497 e. The third-order valence-electron chi connectivity index (χ3n) is 4.93. The van der Waals surface area contributed by atoms with Gasteiger partial charge in [0.2, 0.25) is 5.91 Å². The molecule has 0 saturated heterocycles. The molecule has 13 heteroatoms. The second-order valence-electron chi connectivity index (χ2n) is 8.18. The minimum absolute atomic E-state index is 0.0181. The first kappa shape index (κ1) is 28.4. The molecule has 0 bridgehead atoms. The lowest BCUT2D eigenvalue weighted by Crippen LogP contribution is -2.31. The van der Waals surface area contributed by atoms with Gasteiger partial charge in [-0.1, -0.05) is 26.0 Å². The topological polar surface area (TPSA) is 115 Å². The van der Waals surface area contributed by atoms with Crippen LogP contribution in [-0.4, -0.2) is 44.9 Å². The van der Waals surface area contributed by atoms with Crippen molar-refractivity contribution in [2.24, 2.45) is 5.92 Å². The van der Waals surface area contributed by atoms with E-state index in [1.54, 1.807) is 24.3 Å². The number of ether oxygens (including phenoxy) is 2. The molecule has 0 spiro atoms. The summed E-state index contributed by atoms with van der Waals surface area (Å²) in [5.41, 5.74) is 1.52. The van der Waals surface area contributed by atoms with Crippen LogP contribution < -0.4 is 14.4 Å². The largest absolute Gasteiger partial charge is 0.497 e. The van der Waals surface area contributed by atoms with E-state index in [9.17, 15) is 22.4 Å². The zero-order valence-electron chi connectivity index (χ0n) is 20.2. The Morgan fingerprint density at radius 3 is 2.49 bits per heavy atom. The Morgan fingerprint density at radius 2 is 1.89 bits per heavy atom. The second kappa shape index (κ2) is 12.3. The fourth-order valence-corrected chi connectivity index (χ4v) is 5.65. The number of alkyl halides is 1. The number of nitrogens with zero attached hydrogens (tertiary/aromatic N) is 2. The predicted octanol–water partition coefficient (Wildman–Crippen LogP) is 4.68. The normalized spacial score (nSPS) is 11.3. The summed E-state index contributed by atoms with van der Waals surface area (Å²) < 4.78 is 53.7. The van der Waals surface area contributed by atoms with Crippen LogP contribution in [0.15, 0.2) is 52.9 Å². The first-order valence-corrected chi connectivity index (χ1v) is 13.8. The molecule has 3 aromatic rings. The van der Waals surface area contributed by atoms with Crippen LogP contribution in [0.3, 0.4) is 0 Å². The fraction of sp³-hybridized carbons (Fsp3) is 0.292. The van der Waals surface area contributed by atoms with E-state index in [0.717, 1.165) is 33.8 Å². The monoisotopic (exact) mass is 569 g/mol. The number of halogens is 2. The maximum Gasteiger partial charge on any atom is 0.360 e. The van der Waals surface area contributed by atoms with Gasteiger partial charge in [0, 0.05) is 0 Å². The van der Waals surface area contributed by atoms with Crippen LogP contribution in [0.25, 0.3) is 0 Å². The Labute approximate surface area is 223 Å². The van der Waals surface area contributed by atoms with Crippen molar-refractivity contribution in [3.63, 3.8) is 0 Å². The number of carbonyl (C=O) groups is 2. The van der Waals surface area contributed by atoms with Crippen LogP contribution in [0.2, 0.25) is 0 Å². The minimum atomic E-state index is -4.41. The standard InChI is InChI=1S/C24H25ClFN3O6S2/c1-15(2)13-35-24(31)22-23(36-14-27-22)29(12-16-4-6-17(34-3)7-5-16)37(32,33)18-8-9-20(19(26)10-18)28-21(30)11-25/h4-10,14-15H,11-13H2,1-3H3,(H,28,30). The number of benzene rings is 2. The quantitative estimate of drug-likeness (QED) is 0.263. The lowest BCUT2D eigenvalue weighted by atomic mass is 10.2. The van der Waals surface area contributed by atoms with E-state index in [0.29, 0.717) is 11.3 Å². The van der Waals surface area contributed by atoms with Crippen molar-refractivity contribution in [3.05, 3.63) is 65.0 Å². The molecule has 1 N–H and O–H groups in total. The molecule has 0 aliphatic carbocycles. The molecule has 9 nitrogen and oxygen atoms in total. The molecule has 1 amide bonds. The van der Waals surface area contributed by atoms with Crippen LogP contribution in [0, 0.1) is 11.7 Å². The van der Waals surface area contributed by atoms with Crippen LogP contribution >= 0.6 is 22.9 Å². The van der Waals surface area contributed by atoms with Crippen LogP contribution in [0.1, 0.15) is 29.9 Å². The van der Waals surface area contributed by atoms with Crippen LogP contribution in [0.5, 0.6) is 5.75 Å². The number of hydrogen-bond acceptors (Lipinski definition) is 8. The maximum absolute atomic E-state index is 14.7. The van der Waals surface area contributed by atoms with E-state index in [4.69, 9.17) is 21.1 Å². The van der Waals surface area contributed by atoms with Gasteiger partial charge in [-0.05, 0) is 41.8 Å². The number of esters is 1. The van der Waals surface area contributed by atoms with Gasteiger partial charge >= 0.3 is 5.97 Å². The number of thiazole rings is 1. The van der Waals surface area contributed by atoms with Crippen molar-refractivity contribution in [3.8, 4) is 5.75 Å². The highest BCUT2D eigenvalue weighted by Crippen LogP contribution is 2.34. The molecule has 1 heterocycles. The lowest BCUT2D eigenvalue weighted by molar-refractivity contribution is -0.113. The summed E-state index contributed by atoms with van der Waals surface area (Å²) in [5.74, 6) is -2.14. The van der Waals surface area contributed by atoms with Crippen molar-refractivity contribution in [2.75, 3.05) is 29.2 Å². The van der Waals surface area contributed by atoms with E-state index in [1.165, 1.54) is 12.6 Å². The summed E-state index contributed by atoms with van der Waals surface area (Å²) >= 11 is 6.38. The highest BCUT2D eigenvalue weighted by Gasteiger charge is 2.32. The zero-order valence-corrected chi connectivity index (χ0v) is 22.6. The Morgan fingerprint density at radius 1 is 1.19 bits per heavy atom. The summed E-state index contributed by atoms with van der Waals surface area (Å²) in [6.07, 6.45) is 0. The molecular weight excluding hydrogens is 545 g/mol. The van der Waals surface area contributed by atoms with Gasteiger partial charge in [0.25, 0.3) is 10.0 Å². The van der Waals surface area contributed by atoms with Crippen molar-refractivity contribution in [1.82, 2.24) is 4.98 Å². The first-order valence-electron chi connectivity index (χ1n) is 11.0. The van der Waals surface area contributed by atoms with Gasteiger partial charge in [-0.25, -0.2) is 22.6 Å². The van der Waals surface area contributed by atoms with Gasteiger partial charge in [-0.3, -0.25) is 9.10 Å². The number of aromatic nitrogens is 1. The molecule has 37 heavy (non-hydrogen) atoms. The summed E-state index contributed by atoms with van der Waals surface area (Å²) in [6, 6.07) is 9.74. The van der Waals surface area contributed by atoms with Crippen molar-refractivity contribution < 1.29 is 31.9 Å². The summed E-state index contributed by atoms with van der Waals surface area (Å²) in [6.45, 7) is 3.67.